The topological polar surface area (TPSA) is 82.6 Å². The van der Waals surface area contributed by atoms with Gasteiger partial charge in [-0.2, -0.15) is 0 Å². The van der Waals surface area contributed by atoms with Crippen LogP contribution in [0.3, 0.4) is 0 Å². The van der Waals surface area contributed by atoms with Gasteiger partial charge in [-0.1, -0.05) is 26.8 Å². The van der Waals surface area contributed by atoms with Gasteiger partial charge in [-0.05, 0) is 47.5 Å². The van der Waals surface area contributed by atoms with E-state index in [9.17, 15) is 9.18 Å². The molecular formula is C27H27FIN3O4S2. The van der Waals surface area contributed by atoms with Crippen LogP contribution in [0.25, 0.3) is 21.7 Å². The molecule has 11 heteroatoms. The number of hydrogen-bond donors (Lipinski definition) is 1. The molecule has 1 aromatic carbocycles. The van der Waals surface area contributed by atoms with Gasteiger partial charge in [-0.3, -0.25) is 0 Å². The second kappa shape index (κ2) is 12.5. The minimum absolute atomic E-state index is 0.0207. The maximum atomic E-state index is 14.4. The smallest absolute Gasteiger partial charge is 0.351 e. The third kappa shape index (κ3) is 7.07. The van der Waals surface area contributed by atoms with E-state index in [1.807, 2.05) is 17.5 Å². The van der Waals surface area contributed by atoms with Crippen molar-refractivity contribution < 1.29 is 21.7 Å². The number of aromatic nitrogens is 2. The molecule has 0 atom stereocenters. The lowest BCUT2D eigenvalue weighted by Gasteiger charge is -2.17. The average Bonchev–Trinajstić information content (AvgIpc) is 3.55. The molecule has 0 bridgehead atoms. The van der Waals surface area contributed by atoms with Gasteiger partial charge in [-0.15, -0.1) is 22.7 Å². The first-order valence-corrected chi connectivity index (χ1v) is 14.3. The van der Waals surface area contributed by atoms with Gasteiger partial charge in [0.2, 0.25) is 0 Å². The Bertz CT molecular complexity index is 1400. The van der Waals surface area contributed by atoms with Crippen molar-refractivity contribution in [3.63, 3.8) is 0 Å². The Labute approximate surface area is 243 Å². The number of carbonyl (C=O) groups is 1. The highest BCUT2D eigenvalue weighted by atomic mass is 127. The molecule has 38 heavy (non-hydrogen) atoms. The van der Waals surface area contributed by atoms with E-state index in [-0.39, 0.29) is 17.8 Å². The van der Waals surface area contributed by atoms with Gasteiger partial charge >= 0.3 is 5.97 Å². The molecule has 200 valence electrons. The lowest BCUT2D eigenvalue weighted by Crippen LogP contribution is -2.09. The fourth-order valence-electron chi connectivity index (χ4n) is 3.67. The molecule has 7 nitrogen and oxygen atoms in total. The normalized spacial score (nSPS) is 11.4. The third-order valence-corrected chi connectivity index (χ3v) is 7.64. The predicted octanol–water partition coefficient (Wildman–Crippen LogP) is 7.94. The summed E-state index contributed by atoms with van der Waals surface area (Å²) in [6.45, 7) is 7.02. The summed E-state index contributed by atoms with van der Waals surface area (Å²) in [5, 5.41) is 5.75. The van der Waals surface area contributed by atoms with Crippen LogP contribution in [0.15, 0.2) is 48.0 Å². The van der Waals surface area contributed by atoms with Crippen molar-refractivity contribution in [3.05, 3.63) is 64.2 Å². The first kappa shape index (κ1) is 28.4. The van der Waals surface area contributed by atoms with E-state index >= 15 is 0 Å². The van der Waals surface area contributed by atoms with E-state index in [0.717, 1.165) is 33.0 Å². The maximum Gasteiger partial charge on any atom is 0.351 e. The van der Waals surface area contributed by atoms with E-state index < -0.39 is 11.8 Å². The number of methoxy groups -OCH3 is 1. The number of halogens is 2. The van der Waals surface area contributed by atoms with Crippen LogP contribution in [0.5, 0.6) is 5.75 Å². The number of benzene rings is 1. The Morgan fingerprint density at radius 1 is 1.16 bits per heavy atom. The Balaban J connectivity index is 1.71. The van der Waals surface area contributed by atoms with Gasteiger partial charge in [0, 0.05) is 34.2 Å². The van der Waals surface area contributed by atoms with Crippen LogP contribution >= 0.6 is 45.7 Å². The van der Waals surface area contributed by atoms with Crippen molar-refractivity contribution >= 4 is 62.6 Å². The van der Waals surface area contributed by atoms with Gasteiger partial charge in [0.25, 0.3) is 0 Å². The number of rotatable bonds is 10. The van der Waals surface area contributed by atoms with E-state index in [1.54, 1.807) is 65.8 Å². The summed E-state index contributed by atoms with van der Waals surface area (Å²) in [4.78, 5) is 24.0. The largest absolute Gasteiger partial charge is 0.488 e. The van der Waals surface area contributed by atoms with Crippen LogP contribution in [0, 0.1) is 11.2 Å². The quantitative estimate of drug-likeness (QED) is 0.136. The summed E-state index contributed by atoms with van der Waals surface area (Å²) < 4.78 is 30.0. The van der Waals surface area contributed by atoms with Crippen LogP contribution in [-0.2, 0) is 14.2 Å². The van der Waals surface area contributed by atoms with Crippen LogP contribution in [-0.4, -0.2) is 36.3 Å². The molecule has 0 saturated heterocycles. The lowest BCUT2D eigenvalue weighted by atomic mass is 9.90. The zero-order valence-corrected chi connectivity index (χ0v) is 25.1. The van der Waals surface area contributed by atoms with Crippen molar-refractivity contribution in [2.75, 3.05) is 25.6 Å². The molecule has 3 heterocycles. The van der Waals surface area contributed by atoms with Gasteiger partial charge < -0.3 is 17.9 Å². The second-order valence-electron chi connectivity index (χ2n) is 9.60. The van der Waals surface area contributed by atoms with Crippen LogP contribution in [0.1, 0.15) is 36.0 Å². The van der Waals surface area contributed by atoms with Crippen molar-refractivity contribution in [1.82, 2.24) is 9.97 Å². The fraction of sp³-hybridized carbons (Fsp3) is 0.296. The summed E-state index contributed by atoms with van der Waals surface area (Å²) in [5.41, 5.74) is 2.55. The molecule has 0 fully saturated rings. The summed E-state index contributed by atoms with van der Waals surface area (Å²) in [7, 11) is 1.56. The molecule has 4 rings (SSSR count). The fourth-order valence-corrected chi connectivity index (χ4v) is 5.90. The molecule has 1 N–H and O–H groups in total. The number of thiazole rings is 1. The van der Waals surface area contributed by atoms with Crippen LogP contribution in [0.4, 0.5) is 15.3 Å². The van der Waals surface area contributed by atoms with Crippen molar-refractivity contribution in [1.29, 1.82) is 0 Å². The number of thiophene rings is 1. The second-order valence-corrected chi connectivity index (χ2v) is 12.1. The average molecular weight is 668 g/mol. The highest BCUT2D eigenvalue weighted by molar-refractivity contribution is 14.1. The monoisotopic (exact) mass is 667 g/mol. The molecular weight excluding hydrogens is 640 g/mol. The van der Waals surface area contributed by atoms with Gasteiger partial charge in [0.1, 0.15) is 18.0 Å². The number of anilines is 2. The summed E-state index contributed by atoms with van der Waals surface area (Å²) in [5.74, 6) is -0.478. The van der Waals surface area contributed by atoms with Crippen LogP contribution in [0.2, 0.25) is 0 Å². The van der Waals surface area contributed by atoms with Crippen molar-refractivity contribution in [2.45, 2.75) is 27.2 Å². The Morgan fingerprint density at radius 2 is 1.97 bits per heavy atom. The summed E-state index contributed by atoms with van der Waals surface area (Å²) in [6, 6.07) is 10.4. The zero-order valence-electron chi connectivity index (χ0n) is 21.3. The van der Waals surface area contributed by atoms with E-state index in [1.165, 1.54) is 17.4 Å². The number of ether oxygens (including phenoxy) is 2. The number of carbonyl (C=O) groups excluding carboxylic acids is 1. The SMILES string of the molecule is COCCOc1cc(-c2nc(Nc3ncc(-c4cccs4)cc3C(=O)OI)sc2CC(C)(C)C)ccc1F. The first-order chi connectivity index (χ1) is 18.2. The molecule has 0 aliphatic heterocycles. The Kier molecular flexibility index (Phi) is 9.34. The molecule has 3 aromatic heterocycles. The summed E-state index contributed by atoms with van der Waals surface area (Å²) in [6.07, 6.45) is 2.46. The predicted molar refractivity (Wildman–Crippen MR) is 158 cm³/mol. The van der Waals surface area contributed by atoms with Crippen molar-refractivity contribution in [2.24, 2.45) is 5.41 Å². The highest BCUT2D eigenvalue weighted by Crippen LogP contribution is 2.39. The van der Waals surface area contributed by atoms with E-state index in [4.69, 9.17) is 17.5 Å². The first-order valence-electron chi connectivity index (χ1n) is 11.7. The zero-order chi connectivity index (χ0) is 27.3. The third-order valence-electron chi connectivity index (χ3n) is 5.35. The molecule has 0 spiro atoms. The molecule has 0 radical (unpaired) electrons. The number of pyridine rings is 1. The summed E-state index contributed by atoms with van der Waals surface area (Å²) >= 11 is 4.60. The molecule has 0 aliphatic rings. The van der Waals surface area contributed by atoms with Gasteiger partial charge in [-0.25, -0.2) is 19.2 Å². The minimum atomic E-state index is -0.512. The van der Waals surface area contributed by atoms with Crippen molar-refractivity contribution in [3.8, 4) is 27.4 Å². The molecule has 0 unspecified atom stereocenters. The highest BCUT2D eigenvalue weighted by Gasteiger charge is 2.23. The van der Waals surface area contributed by atoms with E-state index in [2.05, 4.69) is 31.1 Å². The number of nitrogens with zero attached hydrogens (tertiary/aromatic N) is 2. The van der Waals surface area contributed by atoms with E-state index in [0.29, 0.717) is 23.1 Å². The van der Waals surface area contributed by atoms with Gasteiger partial charge in [0.15, 0.2) is 39.7 Å². The number of nitrogens with one attached hydrogen (secondary N) is 1. The molecule has 0 amide bonds. The molecule has 0 aliphatic carbocycles. The van der Waals surface area contributed by atoms with Crippen LogP contribution < -0.4 is 10.1 Å². The Morgan fingerprint density at radius 3 is 2.66 bits per heavy atom. The minimum Gasteiger partial charge on any atom is -0.488 e. The maximum absolute atomic E-state index is 14.4. The standard InChI is InChI=1S/C27H27FIN3O4S2/c1-27(2,3)14-22-23(16-7-8-19(28)20(13-16)35-10-9-34-4)31-26(38-22)32-24-18(25(33)36-29)12-17(15-30-24)21-6-5-11-37-21/h5-8,11-13,15H,9-10,14H2,1-4H3,(H,30,31,32). The molecule has 0 saturated carbocycles. The van der Waals surface area contributed by atoms with Gasteiger partial charge in [0.05, 0.1) is 12.3 Å². The lowest BCUT2D eigenvalue weighted by molar-refractivity contribution is 0.0801. The number of hydrogen-bond acceptors (Lipinski definition) is 9. The molecule has 4 aromatic rings. The Hall–Kier alpha value is -2.61.